The van der Waals surface area contributed by atoms with Gasteiger partial charge in [-0.25, -0.2) is 17.2 Å². The van der Waals surface area contributed by atoms with Crippen molar-refractivity contribution in [2.45, 2.75) is 11.8 Å². The number of aryl methyl sites for hydroxylation is 1. The molecule has 0 heterocycles. The number of hydrogen-bond donors (Lipinski definition) is 1. The Labute approximate surface area is 140 Å². The highest BCUT2D eigenvalue weighted by atomic mass is 79.9. The predicted octanol–water partition coefficient (Wildman–Crippen LogP) is 3.69. The molecule has 0 bridgehead atoms. The Morgan fingerprint density at radius 2 is 1.83 bits per heavy atom. The van der Waals surface area contributed by atoms with Crippen molar-refractivity contribution in [1.82, 2.24) is 0 Å². The Kier molecular flexibility index (Phi) is 4.86. The Bertz CT molecular complexity index is 898. The number of benzene rings is 2. The van der Waals surface area contributed by atoms with Gasteiger partial charge in [0.1, 0.15) is 10.7 Å². The van der Waals surface area contributed by atoms with Crippen LogP contribution in [-0.2, 0) is 9.84 Å². The molecule has 2 aromatic rings. The molecular formula is C15H12BrF2NO3S. The van der Waals surface area contributed by atoms with Crippen LogP contribution >= 0.6 is 15.9 Å². The topological polar surface area (TPSA) is 63.2 Å². The molecule has 122 valence electrons. The van der Waals surface area contributed by atoms with E-state index in [-0.39, 0.29) is 10.2 Å². The molecule has 1 amide bonds. The third-order valence-electron chi connectivity index (χ3n) is 3.02. The maximum atomic E-state index is 14.3. The van der Waals surface area contributed by atoms with Crippen molar-refractivity contribution in [3.05, 3.63) is 57.6 Å². The maximum absolute atomic E-state index is 14.3. The largest absolute Gasteiger partial charge is 0.319 e. The average molecular weight is 404 g/mol. The lowest BCUT2D eigenvalue weighted by atomic mass is 10.1. The molecule has 0 aromatic heterocycles. The number of hydrogen-bond acceptors (Lipinski definition) is 3. The first-order valence-corrected chi connectivity index (χ1v) is 9.04. The average Bonchev–Trinajstić information content (AvgIpc) is 2.42. The maximum Gasteiger partial charge on any atom is 0.258 e. The van der Waals surface area contributed by atoms with E-state index in [0.717, 1.165) is 18.4 Å². The summed E-state index contributed by atoms with van der Waals surface area (Å²) in [6.45, 7) is 1.68. The van der Waals surface area contributed by atoms with Crippen LogP contribution in [0.3, 0.4) is 0 Å². The van der Waals surface area contributed by atoms with E-state index >= 15 is 0 Å². The molecule has 0 aliphatic heterocycles. The van der Waals surface area contributed by atoms with Crippen LogP contribution in [0.5, 0.6) is 0 Å². The van der Waals surface area contributed by atoms with Crippen LogP contribution in [0.2, 0.25) is 0 Å². The van der Waals surface area contributed by atoms with E-state index in [1.165, 1.54) is 12.1 Å². The van der Waals surface area contributed by atoms with Gasteiger partial charge in [0.05, 0.1) is 11.3 Å². The highest BCUT2D eigenvalue weighted by Crippen LogP contribution is 2.25. The monoisotopic (exact) mass is 403 g/mol. The number of rotatable bonds is 3. The lowest BCUT2D eigenvalue weighted by molar-refractivity contribution is 0.102. The van der Waals surface area contributed by atoms with Gasteiger partial charge in [0.2, 0.25) is 0 Å². The Morgan fingerprint density at radius 3 is 2.39 bits per heavy atom. The second-order valence-electron chi connectivity index (χ2n) is 4.98. The highest BCUT2D eigenvalue weighted by molar-refractivity contribution is 9.10. The van der Waals surface area contributed by atoms with E-state index in [1.807, 2.05) is 0 Å². The first-order chi connectivity index (χ1) is 10.6. The molecule has 1 N–H and O–H groups in total. The van der Waals surface area contributed by atoms with Crippen LogP contribution in [0.25, 0.3) is 0 Å². The lowest BCUT2D eigenvalue weighted by Crippen LogP contribution is -2.16. The van der Waals surface area contributed by atoms with Crippen molar-refractivity contribution in [2.24, 2.45) is 0 Å². The fraction of sp³-hybridized carbons (Fsp3) is 0.133. The molecule has 0 aliphatic carbocycles. The summed E-state index contributed by atoms with van der Waals surface area (Å²) in [5.74, 6) is -2.80. The number of nitrogens with one attached hydrogen (secondary N) is 1. The fourth-order valence-electron chi connectivity index (χ4n) is 1.91. The molecule has 0 spiro atoms. The summed E-state index contributed by atoms with van der Waals surface area (Å²) in [5, 5.41) is 2.23. The number of halogens is 3. The number of anilines is 1. The third-order valence-corrected chi connectivity index (χ3v) is 4.57. The van der Waals surface area contributed by atoms with Gasteiger partial charge < -0.3 is 5.32 Å². The first kappa shape index (κ1) is 17.6. The highest BCUT2D eigenvalue weighted by Gasteiger charge is 2.22. The summed E-state index contributed by atoms with van der Waals surface area (Å²) in [6.07, 6.45) is 0.833. The molecule has 0 radical (unpaired) electrons. The van der Waals surface area contributed by atoms with E-state index < -0.39 is 37.8 Å². The van der Waals surface area contributed by atoms with E-state index in [4.69, 9.17) is 0 Å². The number of carbonyl (C=O) groups excluding carboxylic acids is 1. The van der Waals surface area contributed by atoms with Crippen molar-refractivity contribution < 1.29 is 22.0 Å². The third kappa shape index (κ3) is 3.94. The fourth-order valence-corrected chi connectivity index (χ4v) is 3.30. The first-order valence-electron chi connectivity index (χ1n) is 6.36. The molecule has 0 fully saturated rings. The summed E-state index contributed by atoms with van der Waals surface area (Å²) in [6, 6.07) is 6.34. The quantitative estimate of drug-likeness (QED) is 0.849. The second-order valence-corrected chi connectivity index (χ2v) is 7.87. The number of carbonyl (C=O) groups is 1. The smallest absolute Gasteiger partial charge is 0.258 e. The summed E-state index contributed by atoms with van der Waals surface area (Å²) < 4.78 is 51.4. The molecule has 23 heavy (non-hydrogen) atoms. The van der Waals surface area contributed by atoms with Gasteiger partial charge in [0.15, 0.2) is 15.7 Å². The van der Waals surface area contributed by atoms with Crippen LogP contribution < -0.4 is 5.32 Å². The summed E-state index contributed by atoms with van der Waals surface area (Å²) in [4.78, 5) is 11.6. The van der Waals surface area contributed by atoms with E-state index in [9.17, 15) is 22.0 Å². The molecule has 0 saturated carbocycles. The van der Waals surface area contributed by atoms with Gasteiger partial charge in [0, 0.05) is 10.7 Å². The molecule has 2 rings (SSSR count). The molecule has 4 nitrogen and oxygen atoms in total. The van der Waals surface area contributed by atoms with Gasteiger partial charge in [-0.2, -0.15) is 0 Å². The zero-order valence-electron chi connectivity index (χ0n) is 12.2. The van der Waals surface area contributed by atoms with Gasteiger partial charge >= 0.3 is 0 Å². The van der Waals surface area contributed by atoms with Crippen LogP contribution in [0, 0.1) is 18.6 Å². The zero-order valence-corrected chi connectivity index (χ0v) is 14.6. The molecule has 0 saturated heterocycles. The van der Waals surface area contributed by atoms with E-state index in [1.54, 1.807) is 13.0 Å². The number of amides is 1. The van der Waals surface area contributed by atoms with Gasteiger partial charge in [0.25, 0.3) is 5.91 Å². The second kappa shape index (κ2) is 6.37. The van der Waals surface area contributed by atoms with Crippen LogP contribution in [0.15, 0.2) is 39.7 Å². The van der Waals surface area contributed by atoms with Crippen molar-refractivity contribution in [3.8, 4) is 0 Å². The molecule has 2 aromatic carbocycles. The molecule has 0 unspecified atom stereocenters. The molecule has 0 aliphatic rings. The van der Waals surface area contributed by atoms with Crippen LogP contribution in [0.1, 0.15) is 15.9 Å². The van der Waals surface area contributed by atoms with Crippen molar-refractivity contribution in [1.29, 1.82) is 0 Å². The summed E-state index contributed by atoms with van der Waals surface area (Å²) in [7, 11) is -3.86. The molecular weight excluding hydrogens is 392 g/mol. The van der Waals surface area contributed by atoms with Crippen molar-refractivity contribution in [2.75, 3.05) is 11.6 Å². The van der Waals surface area contributed by atoms with E-state index in [0.29, 0.717) is 5.56 Å². The standard InChI is InChI=1S/C15H12BrF2NO3S/c1-8-3-4-12(11(17)5-8)19-15(20)10-6-9(16)7-13(14(10)18)23(2,21)22/h3-7H,1-2H3,(H,19,20). The lowest BCUT2D eigenvalue weighted by Gasteiger charge is -2.10. The summed E-state index contributed by atoms with van der Waals surface area (Å²) in [5.41, 5.74) is 0.0363. The number of sulfone groups is 1. The van der Waals surface area contributed by atoms with Crippen molar-refractivity contribution >= 4 is 37.4 Å². The van der Waals surface area contributed by atoms with Crippen LogP contribution in [0.4, 0.5) is 14.5 Å². The Balaban J connectivity index is 2.46. The normalized spacial score (nSPS) is 11.3. The molecule has 8 heteroatoms. The van der Waals surface area contributed by atoms with Gasteiger partial charge in [-0.15, -0.1) is 0 Å². The minimum Gasteiger partial charge on any atom is -0.319 e. The van der Waals surface area contributed by atoms with Crippen LogP contribution in [-0.4, -0.2) is 20.6 Å². The SMILES string of the molecule is Cc1ccc(NC(=O)c2cc(Br)cc(S(C)(=O)=O)c2F)c(F)c1. The molecule has 0 atom stereocenters. The van der Waals surface area contributed by atoms with Gasteiger partial charge in [-0.05, 0) is 36.8 Å². The Hall–Kier alpha value is -1.80. The minimum absolute atomic E-state index is 0.124. The van der Waals surface area contributed by atoms with Gasteiger partial charge in [-0.3, -0.25) is 4.79 Å². The van der Waals surface area contributed by atoms with Gasteiger partial charge in [-0.1, -0.05) is 22.0 Å². The van der Waals surface area contributed by atoms with E-state index in [2.05, 4.69) is 21.2 Å². The van der Waals surface area contributed by atoms with Crippen molar-refractivity contribution in [3.63, 3.8) is 0 Å². The zero-order chi connectivity index (χ0) is 17.4. The predicted molar refractivity (Wildman–Crippen MR) is 86.3 cm³/mol. The summed E-state index contributed by atoms with van der Waals surface area (Å²) >= 11 is 3.03. The minimum atomic E-state index is -3.86. The Morgan fingerprint density at radius 1 is 1.17 bits per heavy atom.